The van der Waals surface area contributed by atoms with Gasteiger partial charge in [0.2, 0.25) is 5.91 Å². The fraction of sp³-hybridized carbons (Fsp3) is 0.348. The van der Waals surface area contributed by atoms with Gasteiger partial charge in [0.05, 0.1) is 12.3 Å². The fourth-order valence-electron chi connectivity index (χ4n) is 3.13. The summed E-state index contributed by atoms with van der Waals surface area (Å²) in [6.45, 7) is 1.60. The molecular weight excluding hydrogens is 370 g/mol. The maximum atomic E-state index is 12.0. The van der Waals surface area contributed by atoms with Gasteiger partial charge >= 0.3 is 11.9 Å². The van der Waals surface area contributed by atoms with Crippen LogP contribution in [0.5, 0.6) is 0 Å². The molecule has 0 aliphatic carbocycles. The second-order valence-electron chi connectivity index (χ2n) is 7.23. The monoisotopic (exact) mass is 397 g/mol. The average molecular weight is 397 g/mol. The van der Waals surface area contributed by atoms with Crippen molar-refractivity contribution in [2.75, 3.05) is 0 Å². The highest BCUT2D eigenvalue weighted by Crippen LogP contribution is 2.20. The first-order valence-corrected chi connectivity index (χ1v) is 9.73. The Labute approximate surface area is 170 Å². The van der Waals surface area contributed by atoms with Gasteiger partial charge in [0.1, 0.15) is 0 Å². The van der Waals surface area contributed by atoms with Crippen molar-refractivity contribution in [3.05, 3.63) is 60.2 Å². The lowest BCUT2D eigenvalue weighted by Crippen LogP contribution is -2.37. The Kier molecular flexibility index (Phi) is 8.40. The summed E-state index contributed by atoms with van der Waals surface area (Å²) in [5, 5.41) is 20.7. The number of hydrogen-bond donors (Lipinski definition) is 3. The number of carbonyl (C=O) groups is 3. The van der Waals surface area contributed by atoms with Crippen LogP contribution in [0.1, 0.15) is 38.2 Å². The molecule has 0 aliphatic rings. The van der Waals surface area contributed by atoms with E-state index in [1.54, 1.807) is 6.92 Å². The number of amides is 1. The molecule has 0 saturated carbocycles. The molecule has 2 aromatic rings. The van der Waals surface area contributed by atoms with Crippen molar-refractivity contribution in [2.24, 2.45) is 5.92 Å². The van der Waals surface area contributed by atoms with Crippen molar-refractivity contribution in [2.45, 2.75) is 45.1 Å². The van der Waals surface area contributed by atoms with Crippen LogP contribution >= 0.6 is 0 Å². The van der Waals surface area contributed by atoms with Crippen molar-refractivity contribution in [1.29, 1.82) is 0 Å². The van der Waals surface area contributed by atoms with Gasteiger partial charge < -0.3 is 15.5 Å². The van der Waals surface area contributed by atoms with E-state index in [-0.39, 0.29) is 24.8 Å². The zero-order valence-corrected chi connectivity index (χ0v) is 16.5. The summed E-state index contributed by atoms with van der Waals surface area (Å²) in [6, 6.07) is 17.9. The zero-order chi connectivity index (χ0) is 21.2. The van der Waals surface area contributed by atoms with Crippen molar-refractivity contribution in [3.63, 3.8) is 0 Å². The van der Waals surface area contributed by atoms with Crippen molar-refractivity contribution in [3.8, 4) is 11.1 Å². The van der Waals surface area contributed by atoms with Gasteiger partial charge in [-0.25, -0.2) is 0 Å². The van der Waals surface area contributed by atoms with Gasteiger partial charge in [0.25, 0.3) is 0 Å². The standard InChI is InChI=1S/C23H27NO5/c1-16(23(28)29)15-20(24-21(25)13-14-22(26)27)12-9-17-7-10-19(11-8-17)18-5-3-2-4-6-18/h2-8,10-11,16,20H,9,12-15H2,1H3,(H,24,25)(H,26,27)(H,28,29)/t16-,20-/m1/s1. The summed E-state index contributed by atoms with van der Waals surface area (Å²) in [6.07, 6.45) is 1.22. The SMILES string of the molecule is C[C@H](C[C@@H](CCc1ccc(-c2ccccc2)cc1)NC(=O)CCC(=O)O)C(=O)O. The number of rotatable bonds is 11. The van der Waals surface area contributed by atoms with E-state index in [1.807, 2.05) is 54.6 Å². The Morgan fingerprint density at radius 1 is 0.897 bits per heavy atom. The van der Waals surface area contributed by atoms with E-state index in [0.29, 0.717) is 19.3 Å². The quantitative estimate of drug-likeness (QED) is 0.536. The molecule has 6 nitrogen and oxygen atoms in total. The van der Waals surface area contributed by atoms with Gasteiger partial charge in [-0.3, -0.25) is 14.4 Å². The van der Waals surface area contributed by atoms with Crippen LogP contribution in [-0.4, -0.2) is 34.1 Å². The van der Waals surface area contributed by atoms with Gasteiger partial charge in [-0.05, 0) is 36.0 Å². The summed E-state index contributed by atoms with van der Waals surface area (Å²) < 4.78 is 0. The number of hydrogen-bond acceptors (Lipinski definition) is 3. The molecule has 0 heterocycles. The number of carbonyl (C=O) groups excluding carboxylic acids is 1. The van der Waals surface area contributed by atoms with Crippen molar-refractivity contribution in [1.82, 2.24) is 5.32 Å². The number of carboxylic acids is 2. The third-order valence-corrected chi connectivity index (χ3v) is 4.83. The third kappa shape index (κ3) is 7.78. The van der Waals surface area contributed by atoms with Gasteiger partial charge in [0, 0.05) is 12.5 Å². The Morgan fingerprint density at radius 3 is 2.10 bits per heavy atom. The van der Waals surface area contributed by atoms with Gasteiger partial charge in [-0.1, -0.05) is 61.5 Å². The molecule has 0 bridgehead atoms. The van der Waals surface area contributed by atoms with Crippen LogP contribution in [0.15, 0.2) is 54.6 Å². The van der Waals surface area contributed by atoms with Crippen molar-refractivity contribution >= 4 is 17.8 Å². The summed E-state index contributed by atoms with van der Waals surface area (Å²) in [5.41, 5.74) is 3.35. The lowest BCUT2D eigenvalue weighted by Gasteiger charge is -2.21. The van der Waals surface area contributed by atoms with E-state index in [9.17, 15) is 19.5 Å². The number of carboxylic acid groups (broad SMARTS) is 2. The predicted octanol–water partition coefficient (Wildman–Crippen LogP) is 3.75. The predicted molar refractivity (Wildman–Crippen MR) is 110 cm³/mol. The van der Waals surface area contributed by atoms with E-state index in [0.717, 1.165) is 16.7 Å². The van der Waals surface area contributed by atoms with E-state index in [4.69, 9.17) is 5.11 Å². The molecule has 6 heteroatoms. The molecule has 2 rings (SSSR count). The summed E-state index contributed by atoms with van der Waals surface area (Å²) in [7, 11) is 0. The van der Waals surface area contributed by atoms with Crippen LogP contribution < -0.4 is 5.32 Å². The van der Waals surface area contributed by atoms with Crippen LogP contribution in [-0.2, 0) is 20.8 Å². The maximum absolute atomic E-state index is 12.0. The molecule has 154 valence electrons. The minimum atomic E-state index is -1.03. The number of aliphatic carboxylic acids is 2. The highest BCUT2D eigenvalue weighted by Gasteiger charge is 2.20. The number of benzene rings is 2. The molecule has 2 atom stereocenters. The third-order valence-electron chi connectivity index (χ3n) is 4.83. The Bertz CT molecular complexity index is 817. The van der Waals surface area contributed by atoms with E-state index in [1.165, 1.54) is 0 Å². The first-order valence-electron chi connectivity index (χ1n) is 9.73. The van der Waals surface area contributed by atoms with Crippen LogP contribution in [0.4, 0.5) is 0 Å². The fourth-order valence-corrected chi connectivity index (χ4v) is 3.13. The van der Waals surface area contributed by atoms with Crippen LogP contribution in [0.2, 0.25) is 0 Å². The molecule has 1 amide bonds. The molecule has 0 spiro atoms. The van der Waals surface area contributed by atoms with Gasteiger partial charge in [-0.2, -0.15) is 0 Å². The lowest BCUT2D eigenvalue weighted by atomic mass is 9.95. The Morgan fingerprint density at radius 2 is 1.52 bits per heavy atom. The second-order valence-corrected chi connectivity index (χ2v) is 7.23. The number of nitrogens with one attached hydrogen (secondary N) is 1. The summed E-state index contributed by atoms with van der Waals surface area (Å²) >= 11 is 0. The number of aryl methyl sites for hydroxylation is 1. The van der Waals surface area contributed by atoms with Crippen LogP contribution in [0.25, 0.3) is 11.1 Å². The van der Waals surface area contributed by atoms with Gasteiger partial charge in [0.15, 0.2) is 0 Å². The first kappa shape index (κ1) is 22.1. The van der Waals surface area contributed by atoms with Crippen LogP contribution in [0, 0.1) is 5.92 Å². The topological polar surface area (TPSA) is 104 Å². The molecule has 0 unspecified atom stereocenters. The minimum Gasteiger partial charge on any atom is -0.481 e. The molecule has 0 radical (unpaired) electrons. The van der Waals surface area contributed by atoms with Gasteiger partial charge in [-0.15, -0.1) is 0 Å². The maximum Gasteiger partial charge on any atom is 0.306 e. The summed E-state index contributed by atoms with van der Waals surface area (Å²) in [5.74, 6) is -2.91. The normalized spacial score (nSPS) is 12.7. The second kappa shape index (κ2) is 11.0. The smallest absolute Gasteiger partial charge is 0.306 e. The molecule has 0 aliphatic heterocycles. The molecule has 29 heavy (non-hydrogen) atoms. The molecule has 3 N–H and O–H groups in total. The van der Waals surface area contributed by atoms with E-state index >= 15 is 0 Å². The molecule has 2 aromatic carbocycles. The Balaban J connectivity index is 1.97. The van der Waals surface area contributed by atoms with Crippen molar-refractivity contribution < 1.29 is 24.6 Å². The Hall–Kier alpha value is -3.15. The first-order chi connectivity index (χ1) is 13.8. The van der Waals surface area contributed by atoms with Crippen LogP contribution in [0.3, 0.4) is 0 Å². The largest absolute Gasteiger partial charge is 0.481 e. The van der Waals surface area contributed by atoms with E-state index in [2.05, 4.69) is 5.32 Å². The average Bonchev–Trinajstić information content (AvgIpc) is 2.71. The molecule has 0 fully saturated rings. The lowest BCUT2D eigenvalue weighted by molar-refractivity contribution is -0.141. The molecular formula is C23H27NO5. The molecule has 0 aromatic heterocycles. The highest BCUT2D eigenvalue weighted by atomic mass is 16.4. The minimum absolute atomic E-state index is 0.112. The zero-order valence-electron chi connectivity index (χ0n) is 16.5. The molecule has 0 saturated heterocycles. The highest BCUT2D eigenvalue weighted by molar-refractivity contribution is 5.80. The van der Waals surface area contributed by atoms with E-state index < -0.39 is 17.9 Å². The summed E-state index contributed by atoms with van der Waals surface area (Å²) in [4.78, 5) is 33.8.